The fourth-order valence-electron chi connectivity index (χ4n) is 0.598. The van der Waals surface area contributed by atoms with E-state index in [0.717, 1.165) is 0 Å². The summed E-state index contributed by atoms with van der Waals surface area (Å²) < 4.78 is 21.3. The van der Waals surface area contributed by atoms with Crippen molar-refractivity contribution in [3.05, 3.63) is 0 Å². The highest BCUT2D eigenvalue weighted by Gasteiger charge is 2.30. The second-order valence-corrected chi connectivity index (χ2v) is 6.06. The standard InChI is InChI=1S/C8H18ClO5P/c1-5(10)7(3)13-15(9,12)14-8(4)6(2)11/h5-8,10-11H,1-4H3/t5-,6-,7?,8?,15?/m0/s1. The van der Waals surface area contributed by atoms with Crippen LogP contribution in [0.15, 0.2) is 0 Å². The molecule has 0 spiro atoms. The Bertz CT molecular complexity index is 213. The molecule has 0 aromatic heterocycles. The lowest BCUT2D eigenvalue weighted by Gasteiger charge is -2.23. The molecule has 0 aliphatic carbocycles. The van der Waals surface area contributed by atoms with Gasteiger partial charge in [-0.2, -0.15) is 0 Å². The molecule has 0 aromatic rings. The van der Waals surface area contributed by atoms with E-state index in [9.17, 15) is 4.57 Å². The molecule has 15 heavy (non-hydrogen) atoms. The van der Waals surface area contributed by atoms with Crippen LogP contribution in [0.25, 0.3) is 0 Å². The van der Waals surface area contributed by atoms with Gasteiger partial charge in [0, 0.05) is 11.2 Å². The van der Waals surface area contributed by atoms with Crippen molar-refractivity contribution in [2.45, 2.75) is 52.1 Å². The smallest absolute Gasteiger partial charge is 0.391 e. The maximum atomic E-state index is 11.5. The fraction of sp³-hybridized carbons (Fsp3) is 1.00. The molecule has 0 aliphatic rings. The molecule has 0 amide bonds. The van der Waals surface area contributed by atoms with E-state index in [1.54, 1.807) is 0 Å². The van der Waals surface area contributed by atoms with E-state index >= 15 is 0 Å². The van der Waals surface area contributed by atoms with Crippen LogP contribution in [-0.2, 0) is 13.6 Å². The molecule has 0 aliphatic heterocycles. The van der Waals surface area contributed by atoms with Gasteiger partial charge < -0.3 is 10.2 Å². The Hall–Kier alpha value is 0.360. The van der Waals surface area contributed by atoms with Gasteiger partial charge in [-0.05, 0) is 27.7 Å². The van der Waals surface area contributed by atoms with Crippen LogP contribution in [0.3, 0.4) is 0 Å². The van der Waals surface area contributed by atoms with Gasteiger partial charge >= 0.3 is 6.95 Å². The molecule has 0 rings (SSSR count). The molecule has 0 fully saturated rings. The van der Waals surface area contributed by atoms with Gasteiger partial charge in [0.05, 0.1) is 24.4 Å². The van der Waals surface area contributed by atoms with E-state index < -0.39 is 31.4 Å². The molecule has 0 radical (unpaired) electrons. The minimum Gasteiger partial charge on any atom is -0.391 e. The van der Waals surface area contributed by atoms with E-state index in [0.29, 0.717) is 0 Å². The van der Waals surface area contributed by atoms with Crippen molar-refractivity contribution in [1.29, 1.82) is 0 Å². The van der Waals surface area contributed by atoms with Gasteiger partial charge in [-0.15, -0.1) is 0 Å². The molecule has 0 heterocycles. The molecule has 4 atom stereocenters. The van der Waals surface area contributed by atoms with Crippen LogP contribution in [0.4, 0.5) is 0 Å². The van der Waals surface area contributed by atoms with E-state index in [-0.39, 0.29) is 0 Å². The van der Waals surface area contributed by atoms with Crippen molar-refractivity contribution in [3.63, 3.8) is 0 Å². The highest BCUT2D eigenvalue weighted by molar-refractivity contribution is 7.81. The van der Waals surface area contributed by atoms with Gasteiger partial charge in [0.2, 0.25) is 0 Å². The summed E-state index contributed by atoms with van der Waals surface area (Å²) in [5.74, 6) is 0. The van der Waals surface area contributed by atoms with Crippen molar-refractivity contribution in [3.8, 4) is 0 Å². The SMILES string of the molecule is CC(OP(=O)(Cl)OC(C)[C@H](C)O)[C@H](C)O. The van der Waals surface area contributed by atoms with Gasteiger partial charge in [-0.3, -0.25) is 9.05 Å². The number of aliphatic hydroxyl groups excluding tert-OH is 2. The average molecular weight is 261 g/mol. The van der Waals surface area contributed by atoms with Gasteiger partial charge in [-0.1, -0.05) is 0 Å². The third-order valence-corrected chi connectivity index (χ3v) is 3.59. The molecule has 7 heteroatoms. The maximum absolute atomic E-state index is 11.5. The summed E-state index contributed by atoms with van der Waals surface area (Å²) in [5.41, 5.74) is 0. The molecular formula is C8H18ClO5P. The van der Waals surface area contributed by atoms with Gasteiger partial charge in [-0.25, -0.2) is 4.57 Å². The number of halogens is 1. The van der Waals surface area contributed by atoms with E-state index in [2.05, 4.69) is 0 Å². The van der Waals surface area contributed by atoms with Gasteiger partial charge in [0.25, 0.3) is 0 Å². The average Bonchev–Trinajstić information content (AvgIpc) is 2.01. The highest BCUT2D eigenvalue weighted by atomic mass is 35.7. The lowest BCUT2D eigenvalue weighted by Crippen LogP contribution is -2.24. The topological polar surface area (TPSA) is 76.0 Å². The van der Waals surface area contributed by atoms with E-state index in [1.165, 1.54) is 27.7 Å². The summed E-state index contributed by atoms with van der Waals surface area (Å²) >= 11 is 5.50. The number of hydrogen-bond acceptors (Lipinski definition) is 5. The molecule has 2 N–H and O–H groups in total. The molecular weight excluding hydrogens is 243 g/mol. The van der Waals surface area contributed by atoms with Crippen molar-refractivity contribution >= 4 is 18.2 Å². The Balaban J connectivity index is 4.25. The van der Waals surface area contributed by atoms with Crippen LogP contribution in [0, 0.1) is 0 Å². The highest BCUT2D eigenvalue weighted by Crippen LogP contribution is 2.55. The molecule has 0 saturated heterocycles. The lowest BCUT2D eigenvalue weighted by molar-refractivity contribution is 0.0207. The van der Waals surface area contributed by atoms with Gasteiger partial charge in [0.1, 0.15) is 0 Å². The Morgan fingerprint density at radius 2 is 1.27 bits per heavy atom. The second kappa shape index (κ2) is 6.18. The van der Waals surface area contributed by atoms with Crippen LogP contribution in [-0.4, -0.2) is 34.6 Å². The normalized spacial score (nSPS) is 23.9. The summed E-state index contributed by atoms with van der Waals surface area (Å²) in [7, 11) is 0. The van der Waals surface area contributed by atoms with Crippen LogP contribution in [0.2, 0.25) is 0 Å². The summed E-state index contributed by atoms with van der Waals surface area (Å²) in [6.07, 6.45) is -3.01. The Morgan fingerprint density at radius 3 is 1.47 bits per heavy atom. The molecule has 5 nitrogen and oxygen atoms in total. The predicted molar refractivity (Wildman–Crippen MR) is 57.9 cm³/mol. The first-order valence-corrected chi connectivity index (χ1v) is 7.13. The maximum Gasteiger partial charge on any atom is 0.424 e. The third-order valence-electron chi connectivity index (χ3n) is 1.94. The number of rotatable bonds is 6. The lowest BCUT2D eigenvalue weighted by atomic mass is 10.3. The fourth-order valence-corrected chi connectivity index (χ4v) is 2.55. The minimum atomic E-state index is -3.76. The Labute approximate surface area is 94.7 Å². The first-order chi connectivity index (χ1) is 6.65. The van der Waals surface area contributed by atoms with Crippen LogP contribution >= 0.6 is 18.2 Å². The van der Waals surface area contributed by atoms with Crippen LogP contribution in [0.1, 0.15) is 27.7 Å². The first kappa shape index (κ1) is 15.4. The Kier molecular flexibility index (Phi) is 6.33. The van der Waals surface area contributed by atoms with Crippen LogP contribution < -0.4 is 0 Å². The second-order valence-electron chi connectivity index (χ2n) is 3.53. The zero-order chi connectivity index (χ0) is 12.2. The van der Waals surface area contributed by atoms with Crippen molar-refractivity contribution in [2.75, 3.05) is 0 Å². The quantitative estimate of drug-likeness (QED) is 0.714. The van der Waals surface area contributed by atoms with E-state index in [1.807, 2.05) is 0 Å². The summed E-state index contributed by atoms with van der Waals surface area (Å²) in [4.78, 5) is 0. The molecule has 2 unspecified atom stereocenters. The summed E-state index contributed by atoms with van der Waals surface area (Å²) in [6, 6.07) is 0. The largest absolute Gasteiger partial charge is 0.424 e. The van der Waals surface area contributed by atoms with Gasteiger partial charge in [0.15, 0.2) is 0 Å². The van der Waals surface area contributed by atoms with Crippen LogP contribution in [0.5, 0.6) is 0 Å². The number of aliphatic hydroxyl groups is 2. The predicted octanol–water partition coefficient (Wildman–Crippen LogP) is 1.91. The van der Waals surface area contributed by atoms with Crippen molar-refractivity contribution < 1.29 is 23.8 Å². The molecule has 0 aromatic carbocycles. The summed E-state index contributed by atoms with van der Waals surface area (Å²) in [6.45, 7) is 2.26. The zero-order valence-corrected chi connectivity index (χ0v) is 10.9. The molecule has 0 saturated carbocycles. The molecule has 92 valence electrons. The Morgan fingerprint density at radius 1 is 1.00 bits per heavy atom. The monoisotopic (exact) mass is 260 g/mol. The first-order valence-electron chi connectivity index (χ1n) is 4.68. The number of hydrogen-bond donors (Lipinski definition) is 2. The minimum absolute atomic E-state index is 0.700. The molecule has 0 bridgehead atoms. The zero-order valence-electron chi connectivity index (χ0n) is 9.25. The van der Waals surface area contributed by atoms with Crippen molar-refractivity contribution in [2.24, 2.45) is 0 Å². The third kappa shape index (κ3) is 6.51. The van der Waals surface area contributed by atoms with E-state index in [4.69, 9.17) is 30.5 Å². The summed E-state index contributed by atoms with van der Waals surface area (Å²) in [5, 5.41) is 18.2. The van der Waals surface area contributed by atoms with Crippen molar-refractivity contribution in [1.82, 2.24) is 0 Å².